The first-order valence-corrected chi connectivity index (χ1v) is 10.5. The molecule has 1 unspecified atom stereocenters. The molecule has 1 N–H and O–H groups in total. The Morgan fingerprint density at radius 3 is 2.79 bits per heavy atom. The third-order valence-corrected chi connectivity index (χ3v) is 5.19. The van der Waals surface area contributed by atoms with Gasteiger partial charge < -0.3 is 19.9 Å². The smallest absolute Gasteiger partial charge is 0.227 e. The molecular formula is C22H31N5O2. The number of nitrogens with one attached hydrogen (secondary N) is 1. The van der Waals surface area contributed by atoms with Crippen molar-refractivity contribution in [2.75, 3.05) is 49.5 Å². The summed E-state index contributed by atoms with van der Waals surface area (Å²) in [4.78, 5) is 25.9. The molecule has 7 heteroatoms. The van der Waals surface area contributed by atoms with Gasteiger partial charge in [0.25, 0.3) is 0 Å². The van der Waals surface area contributed by atoms with E-state index in [-0.39, 0.29) is 11.8 Å². The number of rotatable bonds is 9. The Morgan fingerprint density at radius 2 is 2.03 bits per heavy atom. The molecule has 1 atom stereocenters. The van der Waals surface area contributed by atoms with Crippen LogP contribution in [0.15, 0.2) is 42.6 Å². The van der Waals surface area contributed by atoms with Crippen molar-refractivity contribution in [2.24, 2.45) is 5.92 Å². The Morgan fingerprint density at radius 1 is 1.24 bits per heavy atom. The summed E-state index contributed by atoms with van der Waals surface area (Å²) >= 11 is 0. The number of ether oxygens (including phenoxy) is 1. The zero-order valence-electron chi connectivity index (χ0n) is 17.4. The van der Waals surface area contributed by atoms with Crippen LogP contribution >= 0.6 is 0 Å². The maximum Gasteiger partial charge on any atom is 0.227 e. The SMILES string of the molecule is CCN(CC)C(=O)C1CCCN(c2nccc(NCCOc3ccccc3)n2)C1. The first-order valence-electron chi connectivity index (χ1n) is 10.5. The van der Waals surface area contributed by atoms with E-state index in [1.54, 1.807) is 6.20 Å². The fourth-order valence-corrected chi connectivity index (χ4v) is 3.62. The average Bonchev–Trinajstić information content (AvgIpc) is 2.78. The van der Waals surface area contributed by atoms with E-state index in [1.807, 2.05) is 55.1 Å². The summed E-state index contributed by atoms with van der Waals surface area (Å²) in [5.41, 5.74) is 0. The molecule has 1 aromatic heterocycles. The van der Waals surface area contributed by atoms with Gasteiger partial charge in [0.2, 0.25) is 11.9 Å². The molecule has 3 rings (SSSR count). The Hall–Kier alpha value is -2.83. The van der Waals surface area contributed by atoms with Crippen molar-refractivity contribution in [2.45, 2.75) is 26.7 Å². The van der Waals surface area contributed by atoms with E-state index in [4.69, 9.17) is 4.74 Å². The van der Waals surface area contributed by atoms with Gasteiger partial charge in [-0.15, -0.1) is 0 Å². The van der Waals surface area contributed by atoms with Gasteiger partial charge in [-0.2, -0.15) is 4.98 Å². The summed E-state index contributed by atoms with van der Waals surface area (Å²) in [6.45, 7) is 8.32. The van der Waals surface area contributed by atoms with Crippen molar-refractivity contribution < 1.29 is 9.53 Å². The topological polar surface area (TPSA) is 70.6 Å². The van der Waals surface area contributed by atoms with Crippen LogP contribution in [0.4, 0.5) is 11.8 Å². The zero-order chi connectivity index (χ0) is 20.5. The number of anilines is 2. The quantitative estimate of drug-likeness (QED) is 0.656. The third-order valence-electron chi connectivity index (χ3n) is 5.19. The number of aromatic nitrogens is 2. The van der Waals surface area contributed by atoms with Crippen molar-refractivity contribution in [3.63, 3.8) is 0 Å². The van der Waals surface area contributed by atoms with Crippen LogP contribution in [0.25, 0.3) is 0 Å². The summed E-state index contributed by atoms with van der Waals surface area (Å²) in [6, 6.07) is 11.6. The molecule has 1 fully saturated rings. The van der Waals surface area contributed by atoms with E-state index in [1.165, 1.54) is 0 Å². The molecule has 0 radical (unpaired) electrons. The predicted octanol–water partition coefficient (Wildman–Crippen LogP) is 3.05. The van der Waals surface area contributed by atoms with E-state index in [0.717, 1.165) is 44.0 Å². The monoisotopic (exact) mass is 397 g/mol. The van der Waals surface area contributed by atoms with Crippen molar-refractivity contribution >= 4 is 17.7 Å². The number of hydrogen-bond donors (Lipinski definition) is 1. The molecule has 1 amide bonds. The van der Waals surface area contributed by atoms with E-state index < -0.39 is 0 Å². The van der Waals surface area contributed by atoms with Crippen molar-refractivity contribution in [3.05, 3.63) is 42.6 Å². The highest BCUT2D eigenvalue weighted by Crippen LogP contribution is 2.22. The van der Waals surface area contributed by atoms with Gasteiger partial charge in [0.15, 0.2) is 0 Å². The number of benzene rings is 1. The van der Waals surface area contributed by atoms with Gasteiger partial charge in [-0.1, -0.05) is 18.2 Å². The van der Waals surface area contributed by atoms with Crippen molar-refractivity contribution in [1.29, 1.82) is 0 Å². The van der Waals surface area contributed by atoms with Gasteiger partial charge in [-0.05, 0) is 44.9 Å². The minimum atomic E-state index is 0.0168. The van der Waals surface area contributed by atoms with Crippen LogP contribution in [0.1, 0.15) is 26.7 Å². The summed E-state index contributed by atoms with van der Waals surface area (Å²) in [7, 11) is 0. The Bertz CT molecular complexity index is 767. The number of carbonyl (C=O) groups excluding carboxylic acids is 1. The van der Waals surface area contributed by atoms with Crippen LogP contribution in [0.5, 0.6) is 5.75 Å². The number of carbonyl (C=O) groups is 1. The molecule has 1 aliphatic heterocycles. The number of amides is 1. The highest BCUT2D eigenvalue weighted by molar-refractivity contribution is 5.79. The second-order valence-corrected chi connectivity index (χ2v) is 7.13. The number of piperidine rings is 1. The molecule has 1 aromatic carbocycles. The molecule has 1 aliphatic rings. The normalized spacial score (nSPS) is 16.3. The van der Waals surface area contributed by atoms with Gasteiger partial charge in [0.1, 0.15) is 18.2 Å². The molecule has 1 saturated heterocycles. The summed E-state index contributed by atoms with van der Waals surface area (Å²) in [5.74, 6) is 2.56. The summed E-state index contributed by atoms with van der Waals surface area (Å²) in [6.07, 6.45) is 3.67. The highest BCUT2D eigenvalue weighted by atomic mass is 16.5. The highest BCUT2D eigenvalue weighted by Gasteiger charge is 2.29. The Labute approximate surface area is 173 Å². The lowest BCUT2D eigenvalue weighted by molar-refractivity contribution is -0.135. The molecule has 29 heavy (non-hydrogen) atoms. The first-order chi connectivity index (χ1) is 14.2. The predicted molar refractivity (Wildman–Crippen MR) is 115 cm³/mol. The van der Waals surface area contributed by atoms with Crippen LogP contribution in [-0.4, -0.2) is 60.1 Å². The summed E-state index contributed by atoms with van der Waals surface area (Å²) in [5, 5.41) is 3.29. The Balaban J connectivity index is 1.53. The van der Waals surface area contributed by atoms with Gasteiger partial charge in [0.05, 0.1) is 12.5 Å². The molecule has 0 spiro atoms. The van der Waals surface area contributed by atoms with Crippen LogP contribution in [0, 0.1) is 5.92 Å². The van der Waals surface area contributed by atoms with E-state index in [2.05, 4.69) is 20.2 Å². The van der Waals surface area contributed by atoms with Gasteiger partial charge in [-0.25, -0.2) is 4.98 Å². The second kappa shape index (κ2) is 10.6. The molecule has 2 aromatic rings. The zero-order valence-corrected chi connectivity index (χ0v) is 17.4. The fraction of sp³-hybridized carbons (Fsp3) is 0.500. The van der Waals surface area contributed by atoms with Crippen molar-refractivity contribution in [1.82, 2.24) is 14.9 Å². The van der Waals surface area contributed by atoms with Crippen molar-refractivity contribution in [3.8, 4) is 5.75 Å². The maximum absolute atomic E-state index is 12.7. The van der Waals surface area contributed by atoms with E-state index in [0.29, 0.717) is 25.6 Å². The van der Waals surface area contributed by atoms with Crippen LogP contribution in [-0.2, 0) is 4.79 Å². The molecule has 7 nitrogen and oxygen atoms in total. The van der Waals surface area contributed by atoms with E-state index >= 15 is 0 Å². The second-order valence-electron chi connectivity index (χ2n) is 7.13. The lowest BCUT2D eigenvalue weighted by Crippen LogP contribution is -2.45. The molecule has 0 aliphatic carbocycles. The molecule has 0 saturated carbocycles. The van der Waals surface area contributed by atoms with Gasteiger partial charge in [0, 0.05) is 32.4 Å². The summed E-state index contributed by atoms with van der Waals surface area (Å²) < 4.78 is 5.70. The molecule has 0 bridgehead atoms. The fourth-order valence-electron chi connectivity index (χ4n) is 3.62. The van der Waals surface area contributed by atoms with Gasteiger partial charge in [-0.3, -0.25) is 4.79 Å². The standard InChI is InChI=1S/C22H31N5O2/c1-3-26(4-2)21(28)18-9-8-15-27(17-18)22-24-13-12-20(25-22)23-14-16-29-19-10-6-5-7-11-19/h5-7,10-13,18H,3-4,8-9,14-17H2,1-2H3,(H,23,24,25). The molecular weight excluding hydrogens is 366 g/mol. The average molecular weight is 398 g/mol. The number of hydrogen-bond acceptors (Lipinski definition) is 6. The lowest BCUT2D eigenvalue weighted by atomic mass is 9.96. The van der Waals surface area contributed by atoms with E-state index in [9.17, 15) is 4.79 Å². The van der Waals surface area contributed by atoms with Crippen LogP contribution in [0.2, 0.25) is 0 Å². The minimum absolute atomic E-state index is 0.0168. The number of nitrogens with zero attached hydrogens (tertiary/aromatic N) is 4. The number of para-hydroxylation sites is 1. The van der Waals surface area contributed by atoms with Gasteiger partial charge >= 0.3 is 0 Å². The largest absolute Gasteiger partial charge is 0.492 e. The Kier molecular flexibility index (Phi) is 7.67. The van der Waals surface area contributed by atoms with Crippen LogP contribution in [0.3, 0.4) is 0 Å². The maximum atomic E-state index is 12.7. The third kappa shape index (κ3) is 5.82. The molecule has 2 heterocycles. The lowest BCUT2D eigenvalue weighted by Gasteiger charge is -2.34. The first kappa shape index (κ1) is 20.9. The minimum Gasteiger partial charge on any atom is -0.492 e. The molecule has 156 valence electrons. The van der Waals surface area contributed by atoms with Crippen LogP contribution < -0.4 is 15.0 Å².